The molecule has 21 heavy (non-hydrogen) atoms. The smallest absolute Gasteiger partial charge is 0.0589 e. The minimum Gasteiger partial charge on any atom is -0.385 e. The molecular formula is C16H27BrN2O2. The maximum absolute atomic E-state index is 5.20. The fourth-order valence-electron chi connectivity index (χ4n) is 2.20. The third kappa shape index (κ3) is 7.38. The van der Waals surface area contributed by atoms with Crippen LogP contribution in [0.5, 0.6) is 0 Å². The summed E-state index contributed by atoms with van der Waals surface area (Å²) in [5.41, 5.74) is 2.60. The lowest BCUT2D eigenvalue weighted by Crippen LogP contribution is -2.29. The molecule has 0 saturated carbocycles. The van der Waals surface area contributed by atoms with Gasteiger partial charge in [-0.15, -0.1) is 0 Å². The van der Waals surface area contributed by atoms with Gasteiger partial charge in [0.25, 0.3) is 0 Å². The number of methoxy groups -OCH3 is 2. The van der Waals surface area contributed by atoms with E-state index in [0.717, 1.165) is 45.8 Å². The largest absolute Gasteiger partial charge is 0.385 e. The third-order valence-electron chi connectivity index (χ3n) is 3.33. The van der Waals surface area contributed by atoms with Crippen molar-refractivity contribution < 1.29 is 9.47 Å². The zero-order chi connectivity index (χ0) is 15.5. The van der Waals surface area contributed by atoms with Crippen LogP contribution in [-0.2, 0) is 22.6 Å². The van der Waals surface area contributed by atoms with Gasteiger partial charge in [-0.2, -0.15) is 0 Å². The van der Waals surface area contributed by atoms with Crippen molar-refractivity contribution >= 4 is 15.9 Å². The summed E-state index contributed by atoms with van der Waals surface area (Å²) in [5, 5.41) is 3.17. The highest BCUT2D eigenvalue weighted by Crippen LogP contribution is 2.20. The maximum Gasteiger partial charge on any atom is 0.0589 e. The Morgan fingerprint density at radius 3 is 2.52 bits per heavy atom. The number of halogens is 1. The van der Waals surface area contributed by atoms with E-state index in [1.165, 1.54) is 15.6 Å². The monoisotopic (exact) mass is 358 g/mol. The van der Waals surface area contributed by atoms with Crippen LogP contribution in [0.3, 0.4) is 0 Å². The molecule has 0 aliphatic carbocycles. The third-order valence-corrected chi connectivity index (χ3v) is 4.06. The first kappa shape index (κ1) is 18.6. The van der Waals surface area contributed by atoms with Gasteiger partial charge in [0, 0.05) is 51.5 Å². The first-order valence-corrected chi connectivity index (χ1v) is 8.12. The van der Waals surface area contributed by atoms with Crippen LogP contribution in [0.4, 0.5) is 0 Å². The average molecular weight is 359 g/mol. The molecule has 0 aromatic heterocycles. The summed E-state index contributed by atoms with van der Waals surface area (Å²) >= 11 is 3.69. The Kier molecular flexibility index (Phi) is 9.87. The van der Waals surface area contributed by atoms with E-state index in [2.05, 4.69) is 44.3 Å². The van der Waals surface area contributed by atoms with Crippen molar-refractivity contribution in [2.45, 2.75) is 19.5 Å². The number of nitrogens with one attached hydrogen (secondary N) is 1. The van der Waals surface area contributed by atoms with E-state index in [-0.39, 0.29) is 0 Å². The summed E-state index contributed by atoms with van der Waals surface area (Å²) in [6, 6.07) is 6.57. The van der Waals surface area contributed by atoms with Crippen molar-refractivity contribution in [2.24, 2.45) is 0 Å². The molecule has 0 unspecified atom stereocenters. The van der Waals surface area contributed by atoms with E-state index in [0.29, 0.717) is 0 Å². The van der Waals surface area contributed by atoms with Gasteiger partial charge in [0.05, 0.1) is 6.61 Å². The molecule has 0 aliphatic rings. The lowest BCUT2D eigenvalue weighted by Gasteiger charge is -2.22. The fourth-order valence-corrected chi connectivity index (χ4v) is 2.75. The van der Waals surface area contributed by atoms with Crippen molar-refractivity contribution in [3.63, 3.8) is 0 Å². The second-order valence-corrected chi connectivity index (χ2v) is 5.93. The highest BCUT2D eigenvalue weighted by molar-refractivity contribution is 9.10. The number of hydrogen-bond donors (Lipinski definition) is 1. The number of rotatable bonds is 11. The van der Waals surface area contributed by atoms with Crippen LogP contribution in [0.15, 0.2) is 22.7 Å². The van der Waals surface area contributed by atoms with Gasteiger partial charge in [0.1, 0.15) is 0 Å². The molecule has 0 saturated heterocycles. The number of ether oxygens (including phenoxy) is 2. The molecule has 0 spiro atoms. The second-order valence-electron chi connectivity index (χ2n) is 5.07. The van der Waals surface area contributed by atoms with Gasteiger partial charge in [-0.25, -0.2) is 0 Å². The molecule has 120 valence electrons. The lowest BCUT2D eigenvalue weighted by molar-refractivity contribution is 0.129. The summed E-state index contributed by atoms with van der Waals surface area (Å²) in [6.07, 6.45) is 1.04. The van der Waals surface area contributed by atoms with Gasteiger partial charge >= 0.3 is 0 Å². The van der Waals surface area contributed by atoms with Crippen LogP contribution in [-0.4, -0.2) is 52.5 Å². The predicted octanol–water partition coefficient (Wildman–Crippen LogP) is 2.65. The van der Waals surface area contributed by atoms with Crippen LogP contribution < -0.4 is 5.32 Å². The van der Waals surface area contributed by atoms with Gasteiger partial charge < -0.3 is 14.8 Å². The molecule has 5 heteroatoms. The molecule has 0 fully saturated rings. The Labute approximate surface area is 136 Å². The fraction of sp³-hybridized carbons (Fsp3) is 0.625. The maximum atomic E-state index is 5.20. The summed E-state index contributed by atoms with van der Waals surface area (Å²) < 4.78 is 11.5. The highest BCUT2D eigenvalue weighted by Gasteiger charge is 2.09. The minimum absolute atomic E-state index is 0.752. The summed E-state index contributed by atoms with van der Waals surface area (Å²) in [4.78, 5) is 2.40. The molecule has 0 amide bonds. The summed E-state index contributed by atoms with van der Waals surface area (Å²) in [6.45, 7) is 5.31. The molecule has 0 aliphatic heterocycles. The van der Waals surface area contributed by atoms with Gasteiger partial charge in [-0.05, 0) is 30.7 Å². The number of benzene rings is 1. The van der Waals surface area contributed by atoms with Crippen molar-refractivity contribution in [2.75, 3.05) is 47.6 Å². The Balaban J connectivity index is 2.63. The van der Waals surface area contributed by atoms with E-state index >= 15 is 0 Å². The topological polar surface area (TPSA) is 33.7 Å². The quantitative estimate of drug-likeness (QED) is 0.616. The second kappa shape index (κ2) is 11.2. The van der Waals surface area contributed by atoms with Crippen molar-refractivity contribution in [1.29, 1.82) is 0 Å². The van der Waals surface area contributed by atoms with Crippen molar-refractivity contribution in [3.05, 3.63) is 33.8 Å². The van der Waals surface area contributed by atoms with Crippen LogP contribution in [0.2, 0.25) is 0 Å². The van der Waals surface area contributed by atoms with Crippen LogP contribution in [0.25, 0.3) is 0 Å². The van der Waals surface area contributed by atoms with Crippen LogP contribution >= 0.6 is 15.9 Å². The van der Waals surface area contributed by atoms with Gasteiger partial charge in [0.15, 0.2) is 0 Å². The Morgan fingerprint density at radius 1 is 1.14 bits per heavy atom. The summed E-state index contributed by atoms with van der Waals surface area (Å²) in [5.74, 6) is 0. The predicted molar refractivity (Wildman–Crippen MR) is 90.6 cm³/mol. The number of nitrogens with zero attached hydrogens (tertiary/aromatic N) is 1. The minimum atomic E-state index is 0.752. The molecule has 0 radical (unpaired) electrons. The Morgan fingerprint density at radius 2 is 1.90 bits per heavy atom. The zero-order valence-electron chi connectivity index (χ0n) is 13.3. The zero-order valence-corrected chi connectivity index (χ0v) is 14.9. The van der Waals surface area contributed by atoms with Crippen LogP contribution in [0.1, 0.15) is 17.5 Å². The van der Waals surface area contributed by atoms with E-state index in [4.69, 9.17) is 9.47 Å². The van der Waals surface area contributed by atoms with Crippen molar-refractivity contribution in [3.8, 4) is 0 Å². The highest BCUT2D eigenvalue weighted by atomic mass is 79.9. The molecule has 1 rings (SSSR count). The molecule has 1 aromatic rings. The number of hydrogen-bond acceptors (Lipinski definition) is 4. The molecule has 0 atom stereocenters. The summed E-state index contributed by atoms with van der Waals surface area (Å²) in [7, 11) is 5.45. The standard InChI is InChI=1S/C16H27BrN2O2/c1-18-12-14-5-6-15(16(17)11-14)13-19(8-10-21-3)7-4-9-20-2/h5-6,11,18H,4,7-10,12-13H2,1-3H3. The van der Waals surface area contributed by atoms with Gasteiger partial charge in [-0.3, -0.25) is 4.90 Å². The van der Waals surface area contributed by atoms with Crippen molar-refractivity contribution in [1.82, 2.24) is 10.2 Å². The normalized spacial score (nSPS) is 11.3. The van der Waals surface area contributed by atoms with Gasteiger partial charge in [0.2, 0.25) is 0 Å². The molecule has 4 nitrogen and oxygen atoms in total. The molecule has 0 heterocycles. The van der Waals surface area contributed by atoms with E-state index in [1.54, 1.807) is 14.2 Å². The average Bonchev–Trinajstić information content (AvgIpc) is 2.47. The first-order valence-electron chi connectivity index (χ1n) is 7.33. The molecular weight excluding hydrogens is 332 g/mol. The Bertz CT molecular complexity index is 402. The lowest BCUT2D eigenvalue weighted by atomic mass is 10.1. The first-order chi connectivity index (χ1) is 10.2. The molecule has 0 bridgehead atoms. The molecule has 1 N–H and O–H groups in total. The van der Waals surface area contributed by atoms with E-state index in [9.17, 15) is 0 Å². The van der Waals surface area contributed by atoms with Crippen LogP contribution in [0, 0.1) is 0 Å². The van der Waals surface area contributed by atoms with Gasteiger partial charge in [-0.1, -0.05) is 28.1 Å². The SMILES string of the molecule is CNCc1ccc(CN(CCCOC)CCOC)c(Br)c1. The van der Waals surface area contributed by atoms with E-state index in [1.807, 2.05) is 7.05 Å². The Hall–Kier alpha value is -0.460. The molecule has 1 aromatic carbocycles. The van der Waals surface area contributed by atoms with E-state index < -0.39 is 0 Å².